The molecule has 0 aromatic carbocycles. The maximum absolute atomic E-state index is 12.8. The van der Waals surface area contributed by atoms with Gasteiger partial charge in [-0.25, -0.2) is 9.37 Å². The summed E-state index contributed by atoms with van der Waals surface area (Å²) in [6.07, 6.45) is 2.07. The third-order valence-corrected chi connectivity index (χ3v) is 1.92. The summed E-state index contributed by atoms with van der Waals surface area (Å²) in [6.45, 7) is 1.95. The molecule has 0 unspecified atom stereocenters. The fraction of sp³-hybridized carbons (Fsp3) is 0.333. The minimum absolute atomic E-state index is 0.172. The predicted octanol–water partition coefficient (Wildman–Crippen LogP) is 2.64. The van der Waals surface area contributed by atoms with Crippen molar-refractivity contribution in [3.8, 4) is 0 Å². The molecule has 1 aromatic rings. The highest BCUT2D eigenvalue weighted by Crippen LogP contribution is 2.16. The van der Waals surface area contributed by atoms with Gasteiger partial charge in [-0.2, -0.15) is 0 Å². The fourth-order valence-corrected chi connectivity index (χ4v) is 1.21. The van der Waals surface area contributed by atoms with Crippen LogP contribution in [0.4, 0.5) is 4.39 Å². The van der Waals surface area contributed by atoms with Gasteiger partial charge in [-0.15, -0.1) is 0 Å². The van der Waals surface area contributed by atoms with Gasteiger partial charge < -0.3 is 0 Å². The van der Waals surface area contributed by atoms with Crippen LogP contribution >= 0.6 is 11.6 Å². The van der Waals surface area contributed by atoms with Crippen molar-refractivity contribution >= 4 is 17.9 Å². The Balaban J connectivity index is 3.16. The van der Waals surface area contributed by atoms with Crippen molar-refractivity contribution in [3.05, 3.63) is 28.3 Å². The Kier molecular flexibility index (Phi) is 3.37. The number of hydrogen-bond acceptors (Lipinski definition) is 2. The Bertz CT molecular complexity index is 328. The van der Waals surface area contributed by atoms with Gasteiger partial charge in [0.1, 0.15) is 0 Å². The predicted molar refractivity (Wildman–Crippen MR) is 48.6 cm³/mol. The van der Waals surface area contributed by atoms with E-state index in [2.05, 4.69) is 4.98 Å². The lowest BCUT2D eigenvalue weighted by molar-refractivity contribution is 0.112. The van der Waals surface area contributed by atoms with Crippen LogP contribution in [0.2, 0.25) is 5.15 Å². The summed E-state index contributed by atoms with van der Waals surface area (Å²) in [6, 6.07) is 1.12. The molecule has 4 heteroatoms. The monoisotopic (exact) mass is 201 g/mol. The smallest absolute Gasteiger partial charge is 0.165 e. The summed E-state index contributed by atoms with van der Waals surface area (Å²) in [5.41, 5.74) is 0.840. The lowest BCUT2D eigenvalue weighted by atomic mass is 10.1. The van der Waals surface area contributed by atoms with E-state index in [9.17, 15) is 9.18 Å². The normalized spacial score (nSPS) is 10.1. The van der Waals surface area contributed by atoms with E-state index in [1.807, 2.05) is 6.92 Å². The highest BCUT2D eigenvalue weighted by atomic mass is 35.5. The third-order valence-electron chi connectivity index (χ3n) is 1.66. The Labute approximate surface area is 80.7 Å². The van der Waals surface area contributed by atoms with Gasteiger partial charge in [-0.3, -0.25) is 4.79 Å². The molecule has 0 atom stereocenters. The summed E-state index contributed by atoms with van der Waals surface area (Å²) in [5, 5.41) is -0.172. The third kappa shape index (κ3) is 2.25. The van der Waals surface area contributed by atoms with Crippen molar-refractivity contribution < 1.29 is 9.18 Å². The minimum atomic E-state index is -0.649. The molecule has 13 heavy (non-hydrogen) atoms. The highest BCUT2D eigenvalue weighted by molar-refractivity contribution is 6.29. The number of hydrogen-bond donors (Lipinski definition) is 0. The molecular weight excluding hydrogens is 193 g/mol. The largest absolute Gasteiger partial charge is 0.298 e. The first-order chi connectivity index (χ1) is 6.19. The molecule has 0 saturated carbocycles. The van der Waals surface area contributed by atoms with Gasteiger partial charge in [-0.05, 0) is 12.5 Å². The molecule has 0 spiro atoms. The van der Waals surface area contributed by atoms with Crippen molar-refractivity contribution in [2.45, 2.75) is 19.8 Å². The van der Waals surface area contributed by atoms with Gasteiger partial charge in [0.05, 0.1) is 5.69 Å². The van der Waals surface area contributed by atoms with Gasteiger partial charge in [0, 0.05) is 5.56 Å². The molecule has 70 valence electrons. The zero-order valence-corrected chi connectivity index (χ0v) is 7.94. The zero-order chi connectivity index (χ0) is 9.84. The molecule has 0 aliphatic heterocycles. The number of aromatic nitrogens is 1. The number of aryl methyl sites for hydroxylation is 1. The second kappa shape index (κ2) is 4.33. The van der Waals surface area contributed by atoms with Gasteiger partial charge in [0.15, 0.2) is 17.3 Å². The van der Waals surface area contributed by atoms with Crippen LogP contribution in [-0.4, -0.2) is 11.3 Å². The minimum Gasteiger partial charge on any atom is -0.298 e. The molecular formula is C9H9ClFNO. The molecule has 0 amide bonds. The van der Waals surface area contributed by atoms with Crippen molar-refractivity contribution in [3.63, 3.8) is 0 Å². The molecule has 0 N–H and O–H groups in total. The standard InChI is InChI=1S/C9H9ClFNO/c1-2-3-8-6(5-13)4-7(11)9(10)12-8/h4-5H,2-3H2,1H3. The Hall–Kier alpha value is -0.960. The molecule has 0 fully saturated rings. The van der Waals surface area contributed by atoms with E-state index in [0.717, 1.165) is 12.5 Å². The Morgan fingerprint density at radius 1 is 1.69 bits per heavy atom. The summed E-state index contributed by atoms with van der Waals surface area (Å²) in [5.74, 6) is -0.649. The molecule has 0 saturated heterocycles. The maximum atomic E-state index is 12.8. The van der Waals surface area contributed by atoms with Crippen molar-refractivity contribution in [2.24, 2.45) is 0 Å². The van der Waals surface area contributed by atoms with Crippen LogP contribution in [0.25, 0.3) is 0 Å². The first-order valence-corrected chi connectivity index (χ1v) is 4.37. The quantitative estimate of drug-likeness (QED) is 0.556. The van der Waals surface area contributed by atoms with E-state index in [0.29, 0.717) is 18.4 Å². The first kappa shape index (κ1) is 10.1. The SMILES string of the molecule is CCCc1nc(Cl)c(F)cc1C=O. The fourth-order valence-electron chi connectivity index (χ4n) is 1.05. The molecule has 0 aliphatic carbocycles. The van der Waals surface area contributed by atoms with Gasteiger partial charge in [0.2, 0.25) is 0 Å². The average molecular weight is 202 g/mol. The molecule has 1 aromatic heterocycles. The van der Waals surface area contributed by atoms with Crippen LogP contribution in [-0.2, 0) is 6.42 Å². The number of carbonyl (C=O) groups is 1. The van der Waals surface area contributed by atoms with E-state index in [-0.39, 0.29) is 10.7 Å². The van der Waals surface area contributed by atoms with Crippen molar-refractivity contribution in [2.75, 3.05) is 0 Å². The molecule has 1 rings (SSSR count). The van der Waals surface area contributed by atoms with Gasteiger partial charge >= 0.3 is 0 Å². The molecule has 0 aliphatic rings. The number of pyridine rings is 1. The van der Waals surface area contributed by atoms with E-state index in [1.165, 1.54) is 0 Å². The topological polar surface area (TPSA) is 30.0 Å². The Morgan fingerprint density at radius 2 is 2.38 bits per heavy atom. The van der Waals surface area contributed by atoms with E-state index in [4.69, 9.17) is 11.6 Å². The second-order valence-corrected chi connectivity index (χ2v) is 3.02. The molecule has 2 nitrogen and oxygen atoms in total. The summed E-state index contributed by atoms with van der Waals surface area (Å²) >= 11 is 5.48. The van der Waals surface area contributed by atoms with Gasteiger partial charge in [0.25, 0.3) is 0 Å². The first-order valence-electron chi connectivity index (χ1n) is 3.99. The van der Waals surface area contributed by atoms with Crippen LogP contribution in [0.5, 0.6) is 0 Å². The van der Waals surface area contributed by atoms with E-state index >= 15 is 0 Å². The van der Waals surface area contributed by atoms with Crippen LogP contribution in [0.15, 0.2) is 6.07 Å². The second-order valence-electron chi connectivity index (χ2n) is 2.66. The molecule has 0 bridgehead atoms. The summed E-state index contributed by atoms with van der Waals surface area (Å²) < 4.78 is 12.8. The summed E-state index contributed by atoms with van der Waals surface area (Å²) in [7, 11) is 0. The molecule has 0 radical (unpaired) electrons. The number of nitrogens with zero attached hydrogens (tertiary/aromatic N) is 1. The lowest BCUT2D eigenvalue weighted by Crippen LogP contribution is -1.99. The summed E-state index contributed by atoms with van der Waals surface area (Å²) in [4.78, 5) is 14.3. The number of carbonyl (C=O) groups excluding carboxylic acids is 1. The van der Waals surface area contributed by atoms with E-state index < -0.39 is 5.82 Å². The van der Waals surface area contributed by atoms with Crippen molar-refractivity contribution in [1.29, 1.82) is 0 Å². The number of aldehydes is 1. The maximum Gasteiger partial charge on any atom is 0.165 e. The molecule has 1 heterocycles. The number of rotatable bonds is 3. The Morgan fingerprint density at radius 3 is 2.92 bits per heavy atom. The van der Waals surface area contributed by atoms with Crippen molar-refractivity contribution in [1.82, 2.24) is 4.98 Å². The number of halogens is 2. The highest BCUT2D eigenvalue weighted by Gasteiger charge is 2.08. The lowest BCUT2D eigenvalue weighted by Gasteiger charge is -2.02. The van der Waals surface area contributed by atoms with Crippen LogP contribution in [0.1, 0.15) is 29.4 Å². The van der Waals surface area contributed by atoms with Crippen LogP contribution in [0.3, 0.4) is 0 Å². The zero-order valence-electron chi connectivity index (χ0n) is 7.18. The van der Waals surface area contributed by atoms with E-state index in [1.54, 1.807) is 0 Å². The van der Waals surface area contributed by atoms with Gasteiger partial charge in [-0.1, -0.05) is 24.9 Å². The van der Waals surface area contributed by atoms with Crippen LogP contribution < -0.4 is 0 Å². The average Bonchev–Trinajstić information content (AvgIpc) is 2.11. The van der Waals surface area contributed by atoms with Crippen LogP contribution in [0, 0.1) is 5.82 Å².